The SMILES string of the molecule is COc1ccc(NCC(F)(F)C(F)(F)F)cc1. The van der Waals surface area contributed by atoms with Crippen molar-refractivity contribution in [1.82, 2.24) is 0 Å². The van der Waals surface area contributed by atoms with E-state index >= 15 is 0 Å². The van der Waals surface area contributed by atoms with Crippen molar-refractivity contribution in [3.8, 4) is 5.75 Å². The summed E-state index contributed by atoms with van der Waals surface area (Å²) in [5.74, 6) is -4.27. The van der Waals surface area contributed by atoms with Crippen molar-refractivity contribution in [2.24, 2.45) is 0 Å². The van der Waals surface area contributed by atoms with Gasteiger partial charge in [0, 0.05) is 5.69 Å². The van der Waals surface area contributed by atoms with E-state index in [-0.39, 0.29) is 5.69 Å². The fraction of sp³-hybridized carbons (Fsp3) is 0.400. The summed E-state index contributed by atoms with van der Waals surface area (Å²) in [6.45, 7) is -1.50. The standard InChI is InChI=1S/C10H10F5NO/c1-17-8-4-2-7(3-5-8)16-6-9(11,12)10(13,14)15/h2-5,16H,6H2,1H3. The molecule has 0 fully saturated rings. The lowest BCUT2D eigenvalue weighted by Crippen LogP contribution is -2.42. The molecule has 96 valence electrons. The topological polar surface area (TPSA) is 21.3 Å². The zero-order valence-corrected chi connectivity index (χ0v) is 8.81. The molecule has 1 aromatic carbocycles. The van der Waals surface area contributed by atoms with Crippen LogP contribution in [0.15, 0.2) is 24.3 Å². The summed E-state index contributed by atoms with van der Waals surface area (Å²) in [7, 11) is 1.42. The number of rotatable bonds is 4. The van der Waals surface area contributed by atoms with Gasteiger partial charge >= 0.3 is 12.1 Å². The Hall–Kier alpha value is -1.53. The number of ether oxygens (including phenoxy) is 1. The summed E-state index contributed by atoms with van der Waals surface area (Å²) in [5.41, 5.74) is 0.162. The van der Waals surface area contributed by atoms with E-state index in [1.54, 1.807) is 0 Å². The highest BCUT2D eigenvalue weighted by molar-refractivity contribution is 5.46. The van der Waals surface area contributed by atoms with Crippen molar-refractivity contribution in [3.05, 3.63) is 24.3 Å². The Kier molecular flexibility index (Phi) is 3.79. The molecule has 0 unspecified atom stereocenters. The van der Waals surface area contributed by atoms with Crippen LogP contribution in [0.1, 0.15) is 0 Å². The average Bonchev–Trinajstić information content (AvgIpc) is 2.25. The van der Waals surface area contributed by atoms with Gasteiger partial charge in [0.25, 0.3) is 0 Å². The number of anilines is 1. The average molecular weight is 255 g/mol. The molecule has 0 bridgehead atoms. The summed E-state index contributed by atoms with van der Waals surface area (Å²) in [4.78, 5) is 0. The van der Waals surface area contributed by atoms with Gasteiger partial charge in [-0.25, -0.2) is 0 Å². The normalized spacial score (nSPS) is 12.4. The Balaban J connectivity index is 2.61. The van der Waals surface area contributed by atoms with Gasteiger partial charge in [0.15, 0.2) is 0 Å². The van der Waals surface area contributed by atoms with Gasteiger partial charge in [0.2, 0.25) is 0 Å². The van der Waals surface area contributed by atoms with Crippen molar-refractivity contribution >= 4 is 5.69 Å². The largest absolute Gasteiger partial charge is 0.497 e. The third kappa shape index (κ3) is 3.47. The van der Waals surface area contributed by atoms with Crippen LogP contribution in [0.3, 0.4) is 0 Å². The smallest absolute Gasteiger partial charge is 0.455 e. The molecule has 0 atom stereocenters. The molecule has 2 nitrogen and oxygen atoms in total. The van der Waals surface area contributed by atoms with Crippen LogP contribution in [0.25, 0.3) is 0 Å². The van der Waals surface area contributed by atoms with Gasteiger partial charge in [-0.15, -0.1) is 0 Å². The molecular weight excluding hydrogens is 245 g/mol. The van der Waals surface area contributed by atoms with Crippen LogP contribution >= 0.6 is 0 Å². The Morgan fingerprint density at radius 2 is 1.59 bits per heavy atom. The zero-order valence-electron chi connectivity index (χ0n) is 8.81. The van der Waals surface area contributed by atoms with E-state index in [9.17, 15) is 22.0 Å². The van der Waals surface area contributed by atoms with Crippen LogP contribution in [0.2, 0.25) is 0 Å². The first-order valence-corrected chi connectivity index (χ1v) is 4.59. The van der Waals surface area contributed by atoms with Crippen LogP contribution in [0.5, 0.6) is 5.75 Å². The first kappa shape index (κ1) is 13.5. The minimum atomic E-state index is -5.55. The molecule has 7 heteroatoms. The minimum Gasteiger partial charge on any atom is -0.497 e. The number of halogens is 5. The lowest BCUT2D eigenvalue weighted by atomic mass is 10.2. The third-order valence-corrected chi connectivity index (χ3v) is 2.02. The lowest BCUT2D eigenvalue weighted by molar-refractivity contribution is -0.275. The molecule has 0 saturated heterocycles. The maximum atomic E-state index is 12.5. The fourth-order valence-electron chi connectivity index (χ4n) is 1.02. The lowest BCUT2D eigenvalue weighted by Gasteiger charge is -2.20. The van der Waals surface area contributed by atoms with Gasteiger partial charge in [-0.1, -0.05) is 0 Å². The molecule has 17 heavy (non-hydrogen) atoms. The van der Waals surface area contributed by atoms with E-state index < -0.39 is 18.6 Å². The van der Waals surface area contributed by atoms with Crippen LogP contribution in [0.4, 0.5) is 27.6 Å². The highest BCUT2D eigenvalue weighted by Crippen LogP contribution is 2.35. The quantitative estimate of drug-likeness (QED) is 0.833. The van der Waals surface area contributed by atoms with Crippen molar-refractivity contribution in [3.63, 3.8) is 0 Å². The van der Waals surface area contributed by atoms with Crippen LogP contribution < -0.4 is 10.1 Å². The number of hydrogen-bond donors (Lipinski definition) is 1. The van der Waals surface area contributed by atoms with Crippen LogP contribution in [-0.4, -0.2) is 25.8 Å². The monoisotopic (exact) mass is 255 g/mol. The van der Waals surface area contributed by atoms with Crippen molar-refractivity contribution in [2.75, 3.05) is 19.0 Å². The van der Waals surface area contributed by atoms with Gasteiger partial charge in [-0.2, -0.15) is 22.0 Å². The van der Waals surface area contributed by atoms with Crippen LogP contribution in [-0.2, 0) is 0 Å². The summed E-state index contributed by atoms with van der Waals surface area (Å²) in [6, 6.07) is 5.61. The van der Waals surface area contributed by atoms with Gasteiger partial charge in [-0.3, -0.25) is 0 Å². The predicted octanol–water partition coefficient (Wildman–Crippen LogP) is 3.30. The molecule has 1 aromatic rings. The molecule has 0 saturated carbocycles. The zero-order chi connectivity index (χ0) is 13.1. The predicted molar refractivity (Wildman–Crippen MR) is 52.5 cm³/mol. The van der Waals surface area contributed by atoms with Crippen molar-refractivity contribution in [1.29, 1.82) is 0 Å². The van der Waals surface area contributed by atoms with E-state index in [2.05, 4.69) is 0 Å². The van der Waals surface area contributed by atoms with Gasteiger partial charge in [-0.05, 0) is 24.3 Å². The minimum absolute atomic E-state index is 0.162. The fourth-order valence-corrected chi connectivity index (χ4v) is 1.02. The number of alkyl halides is 5. The van der Waals surface area contributed by atoms with Crippen molar-refractivity contribution in [2.45, 2.75) is 12.1 Å². The third-order valence-electron chi connectivity index (χ3n) is 2.02. The van der Waals surface area contributed by atoms with Crippen LogP contribution in [0, 0.1) is 0 Å². The van der Waals surface area contributed by atoms with E-state index in [4.69, 9.17) is 4.74 Å². The molecule has 0 aliphatic rings. The second-order valence-corrected chi connectivity index (χ2v) is 3.28. The van der Waals surface area contributed by atoms with E-state index in [1.807, 2.05) is 5.32 Å². The first-order valence-electron chi connectivity index (χ1n) is 4.59. The highest BCUT2D eigenvalue weighted by Gasteiger charge is 2.57. The number of benzene rings is 1. The molecular formula is C10H10F5NO. The Bertz CT molecular complexity index is 360. The Labute approximate surface area is 94.4 Å². The van der Waals surface area contributed by atoms with Gasteiger partial charge < -0.3 is 10.1 Å². The number of nitrogens with one attached hydrogen (secondary N) is 1. The molecule has 0 aromatic heterocycles. The summed E-state index contributed by atoms with van der Waals surface area (Å²) >= 11 is 0. The maximum absolute atomic E-state index is 12.5. The summed E-state index contributed by atoms with van der Waals surface area (Å²) in [5, 5.41) is 2.02. The molecule has 0 radical (unpaired) electrons. The summed E-state index contributed by atoms with van der Waals surface area (Å²) < 4.78 is 65.4. The Morgan fingerprint density at radius 1 is 1.06 bits per heavy atom. The number of methoxy groups -OCH3 is 1. The van der Waals surface area contributed by atoms with Crippen molar-refractivity contribution < 1.29 is 26.7 Å². The van der Waals surface area contributed by atoms with Gasteiger partial charge in [0.1, 0.15) is 5.75 Å². The van der Waals surface area contributed by atoms with Gasteiger partial charge in [0.05, 0.1) is 13.7 Å². The molecule has 1 rings (SSSR count). The highest BCUT2D eigenvalue weighted by atomic mass is 19.4. The molecule has 0 aliphatic carbocycles. The van der Waals surface area contributed by atoms with E-state index in [0.29, 0.717) is 5.75 Å². The van der Waals surface area contributed by atoms with E-state index in [1.165, 1.54) is 31.4 Å². The second-order valence-electron chi connectivity index (χ2n) is 3.28. The molecule has 0 spiro atoms. The molecule has 0 heterocycles. The molecule has 0 aliphatic heterocycles. The summed E-state index contributed by atoms with van der Waals surface area (Å²) in [6.07, 6.45) is -5.55. The number of hydrogen-bond acceptors (Lipinski definition) is 2. The molecule has 1 N–H and O–H groups in total. The maximum Gasteiger partial charge on any atom is 0.455 e. The molecule has 0 amide bonds. The second kappa shape index (κ2) is 4.77. The van der Waals surface area contributed by atoms with E-state index in [0.717, 1.165) is 0 Å². The first-order chi connectivity index (χ1) is 7.76. The Morgan fingerprint density at radius 3 is 2.00 bits per heavy atom.